The minimum absolute atomic E-state index is 0.232. The molecule has 2 heterocycles. The molecule has 4 aromatic rings. The highest BCUT2D eigenvalue weighted by Crippen LogP contribution is 2.28. The van der Waals surface area contributed by atoms with Crippen molar-refractivity contribution in [3.63, 3.8) is 0 Å². The SMILES string of the molecule is Cc1ccc(C(=O)Nc2nnc(-c3nnn(-c4ccc(Cl)cc4)c3C)s2)cc1. The van der Waals surface area contributed by atoms with E-state index in [1.54, 1.807) is 28.9 Å². The minimum atomic E-state index is -0.232. The normalized spacial score (nSPS) is 10.8. The lowest BCUT2D eigenvalue weighted by Crippen LogP contribution is -2.11. The van der Waals surface area contributed by atoms with Gasteiger partial charge in [-0.3, -0.25) is 10.1 Å². The molecule has 0 aliphatic rings. The van der Waals surface area contributed by atoms with Gasteiger partial charge in [0.1, 0.15) is 5.69 Å². The summed E-state index contributed by atoms with van der Waals surface area (Å²) in [6.45, 7) is 3.87. The average Bonchev–Trinajstić information content (AvgIpc) is 3.29. The van der Waals surface area contributed by atoms with E-state index in [9.17, 15) is 4.79 Å². The van der Waals surface area contributed by atoms with Crippen LogP contribution in [0.25, 0.3) is 16.4 Å². The molecule has 1 amide bonds. The Kier molecular flexibility index (Phi) is 4.89. The molecular formula is C19H15ClN6OS. The van der Waals surface area contributed by atoms with Crippen LogP contribution in [0.4, 0.5) is 5.13 Å². The molecule has 1 N–H and O–H groups in total. The van der Waals surface area contributed by atoms with Crippen molar-refractivity contribution in [1.29, 1.82) is 0 Å². The summed E-state index contributed by atoms with van der Waals surface area (Å²) in [6, 6.07) is 14.6. The molecule has 0 fully saturated rings. The summed E-state index contributed by atoms with van der Waals surface area (Å²) in [7, 11) is 0. The van der Waals surface area contributed by atoms with Crippen molar-refractivity contribution in [1.82, 2.24) is 25.2 Å². The molecule has 0 aliphatic carbocycles. The zero-order valence-corrected chi connectivity index (χ0v) is 16.6. The molecule has 0 unspecified atom stereocenters. The second kappa shape index (κ2) is 7.49. The highest BCUT2D eigenvalue weighted by molar-refractivity contribution is 7.18. The van der Waals surface area contributed by atoms with E-state index in [0.29, 0.717) is 26.4 Å². The number of benzene rings is 2. The fourth-order valence-electron chi connectivity index (χ4n) is 2.60. The lowest BCUT2D eigenvalue weighted by Gasteiger charge is -2.02. The van der Waals surface area contributed by atoms with Gasteiger partial charge in [0.2, 0.25) is 5.13 Å². The van der Waals surface area contributed by atoms with Crippen LogP contribution in [0.5, 0.6) is 0 Å². The Morgan fingerprint density at radius 3 is 2.43 bits per heavy atom. The van der Waals surface area contributed by atoms with Crippen LogP contribution in [0.15, 0.2) is 48.5 Å². The summed E-state index contributed by atoms with van der Waals surface area (Å²) in [5.74, 6) is -0.232. The predicted octanol–water partition coefficient (Wildman–Crippen LogP) is 4.31. The number of anilines is 1. The van der Waals surface area contributed by atoms with Crippen molar-refractivity contribution in [2.75, 3.05) is 5.32 Å². The van der Waals surface area contributed by atoms with E-state index < -0.39 is 0 Å². The van der Waals surface area contributed by atoms with E-state index in [2.05, 4.69) is 25.8 Å². The van der Waals surface area contributed by atoms with Gasteiger partial charge < -0.3 is 0 Å². The first-order valence-corrected chi connectivity index (χ1v) is 9.61. The van der Waals surface area contributed by atoms with Crippen molar-refractivity contribution < 1.29 is 4.79 Å². The zero-order chi connectivity index (χ0) is 19.7. The quantitative estimate of drug-likeness (QED) is 0.541. The van der Waals surface area contributed by atoms with Crippen LogP contribution in [0.2, 0.25) is 5.02 Å². The zero-order valence-electron chi connectivity index (χ0n) is 15.0. The molecule has 4 rings (SSSR count). The number of carbonyl (C=O) groups excluding carboxylic acids is 1. The maximum atomic E-state index is 12.3. The highest BCUT2D eigenvalue weighted by atomic mass is 35.5. The van der Waals surface area contributed by atoms with Crippen LogP contribution >= 0.6 is 22.9 Å². The molecule has 0 bridgehead atoms. The summed E-state index contributed by atoms with van der Waals surface area (Å²) in [5, 5.41) is 21.0. The molecular weight excluding hydrogens is 396 g/mol. The number of hydrogen-bond donors (Lipinski definition) is 1. The number of amides is 1. The first-order valence-electron chi connectivity index (χ1n) is 8.41. The monoisotopic (exact) mass is 410 g/mol. The van der Waals surface area contributed by atoms with Crippen LogP contribution in [0.3, 0.4) is 0 Å². The topological polar surface area (TPSA) is 85.6 Å². The van der Waals surface area contributed by atoms with Crippen molar-refractivity contribution in [2.45, 2.75) is 13.8 Å². The van der Waals surface area contributed by atoms with Crippen molar-refractivity contribution in [3.05, 3.63) is 70.4 Å². The van der Waals surface area contributed by atoms with E-state index in [-0.39, 0.29) is 5.91 Å². The number of carbonyl (C=O) groups is 1. The molecule has 9 heteroatoms. The maximum Gasteiger partial charge on any atom is 0.257 e. The summed E-state index contributed by atoms with van der Waals surface area (Å²) in [6.07, 6.45) is 0. The second-order valence-electron chi connectivity index (χ2n) is 6.14. The third kappa shape index (κ3) is 3.64. The molecule has 0 saturated carbocycles. The van der Waals surface area contributed by atoms with Gasteiger partial charge in [-0.2, -0.15) is 0 Å². The van der Waals surface area contributed by atoms with Crippen LogP contribution in [0, 0.1) is 13.8 Å². The van der Waals surface area contributed by atoms with Gasteiger partial charge in [-0.25, -0.2) is 4.68 Å². The fraction of sp³-hybridized carbons (Fsp3) is 0.105. The highest BCUT2D eigenvalue weighted by Gasteiger charge is 2.17. The molecule has 0 aliphatic heterocycles. The number of hydrogen-bond acceptors (Lipinski definition) is 6. The molecule has 0 radical (unpaired) electrons. The molecule has 0 saturated heterocycles. The molecule has 7 nitrogen and oxygen atoms in total. The number of aryl methyl sites for hydroxylation is 1. The Hall–Kier alpha value is -3.10. The number of rotatable bonds is 4. The molecule has 28 heavy (non-hydrogen) atoms. The number of aromatic nitrogens is 5. The summed E-state index contributed by atoms with van der Waals surface area (Å²) in [5.41, 5.74) is 3.93. The Balaban J connectivity index is 1.55. The standard InChI is InChI=1S/C19H15ClN6OS/c1-11-3-5-13(6-4-11)17(27)21-19-24-23-18(28-19)16-12(2)26(25-22-16)15-9-7-14(20)8-10-15/h3-10H,1-2H3,(H,21,24,27). The lowest BCUT2D eigenvalue weighted by atomic mass is 10.1. The Labute approximate surface area is 170 Å². The van der Waals surface area contributed by atoms with Gasteiger partial charge in [-0.15, -0.1) is 15.3 Å². The van der Waals surface area contributed by atoms with Gasteiger partial charge in [0.15, 0.2) is 5.01 Å². The Bertz CT molecular complexity index is 1130. The largest absolute Gasteiger partial charge is 0.296 e. The minimum Gasteiger partial charge on any atom is -0.296 e. The molecule has 2 aromatic carbocycles. The molecule has 140 valence electrons. The fourth-order valence-corrected chi connectivity index (χ4v) is 3.50. The van der Waals surface area contributed by atoms with E-state index in [0.717, 1.165) is 16.9 Å². The first kappa shape index (κ1) is 18.3. The molecule has 0 atom stereocenters. The smallest absolute Gasteiger partial charge is 0.257 e. The van der Waals surface area contributed by atoms with Crippen LogP contribution in [-0.2, 0) is 0 Å². The summed E-state index contributed by atoms with van der Waals surface area (Å²) < 4.78 is 1.71. The number of halogens is 1. The van der Waals surface area contributed by atoms with Crippen molar-refractivity contribution >= 4 is 34.0 Å². The predicted molar refractivity (Wildman–Crippen MR) is 109 cm³/mol. The van der Waals surface area contributed by atoms with Gasteiger partial charge in [0, 0.05) is 10.6 Å². The first-order chi connectivity index (χ1) is 13.5. The number of nitrogens with zero attached hydrogens (tertiary/aromatic N) is 5. The van der Waals surface area contributed by atoms with E-state index in [1.165, 1.54) is 11.3 Å². The number of nitrogens with one attached hydrogen (secondary N) is 1. The summed E-state index contributed by atoms with van der Waals surface area (Å²) >= 11 is 7.19. The van der Waals surface area contributed by atoms with Gasteiger partial charge in [-0.1, -0.05) is 45.8 Å². The van der Waals surface area contributed by atoms with Crippen molar-refractivity contribution in [2.24, 2.45) is 0 Å². The van der Waals surface area contributed by atoms with Crippen LogP contribution < -0.4 is 5.32 Å². The Morgan fingerprint density at radius 1 is 1.00 bits per heavy atom. The third-order valence-electron chi connectivity index (χ3n) is 4.13. The van der Waals surface area contributed by atoms with Crippen LogP contribution in [0.1, 0.15) is 21.6 Å². The van der Waals surface area contributed by atoms with Crippen LogP contribution in [-0.4, -0.2) is 31.1 Å². The lowest BCUT2D eigenvalue weighted by molar-refractivity contribution is 0.102. The van der Waals surface area contributed by atoms with Gasteiger partial charge in [-0.05, 0) is 50.2 Å². The summed E-state index contributed by atoms with van der Waals surface area (Å²) in [4.78, 5) is 12.3. The third-order valence-corrected chi connectivity index (χ3v) is 5.22. The average molecular weight is 411 g/mol. The van der Waals surface area contributed by atoms with E-state index >= 15 is 0 Å². The maximum absolute atomic E-state index is 12.3. The van der Waals surface area contributed by atoms with Gasteiger partial charge in [0.05, 0.1) is 11.4 Å². The van der Waals surface area contributed by atoms with Gasteiger partial charge in [0.25, 0.3) is 5.91 Å². The van der Waals surface area contributed by atoms with E-state index in [1.807, 2.05) is 38.1 Å². The molecule has 0 spiro atoms. The van der Waals surface area contributed by atoms with Crippen molar-refractivity contribution in [3.8, 4) is 16.4 Å². The molecule has 2 aromatic heterocycles. The Morgan fingerprint density at radius 2 is 1.71 bits per heavy atom. The van der Waals surface area contributed by atoms with E-state index in [4.69, 9.17) is 11.6 Å². The van der Waals surface area contributed by atoms with Gasteiger partial charge >= 0.3 is 0 Å². The second-order valence-corrected chi connectivity index (χ2v) is 7.56.